The molecule has 0 aromatic rings. The molecule has 11 rings (SSSR count). The maximum atomic E-state index is 13.5. The van der Waals surface area contributed by atoms with Gasteiger partial charge in [-0.2, -0.15) is 0 Å². The van der Waals surface area contributed by atoms with Gasteiger partial charge in [0.15, 0.2) is 69.2 Å². The Morgan fingerprint density at radius 1 is 0.197 bits per heavy atom. The van der Waals surface area contributed by atoms with Crippen molar-refractivity contribution in [3.05, 3.63) is 0 Å². The van der Waals surface area contributed by atoms with Gasteiger partial charge < -0.3 is 275 Å². The summed E-state index contributed by atoms with van der Waals surface area (Å²) in [5.74, 6) is -6.58. The van der Waals surface area contributed by atoms with Crippen LogP contribution in [-0.2, 0) is 133 Å². The van der Waals surface area contributed by atoms with E-state index in [1.165, 1.54) is 6.92 Å². The SMILES string of the molecule is CC(=O)N[C@@H]1[C@@H](O)[C@H](O[C@@H]2O[C@H](CO)[C@@H](O[C@@H]3O[C@H](CO[C@H]4O[C@H](CO)[C@@H](O)[C@H](O)[C@@H]4O[C@@H]4O[C@H](CO)[C@@H](O[C@@H]5O[C@H](CO)[C@H](O)[C@H](O)[C@H]5NC(C)=O)[C@H](O)[C@H]4NC(C)=O)[C@@H](O)[C@H](O[C@H]4O[C@H](CO)[C@@H](O[C@@H]5O[C@H](CO)[C@@H](O)[C@H](O)[C@H]5NC(C)=O)[C@H](O)[C@@H]4O[C@@H]4O[C@H](CO)[C@@H](O[C@@H]5O[C@H](CO)[C@H](O)[C@H](O)[C@H]5NC(C)=O)[C@H](O)[C@H]4NC(C)=O)[C@@H]3O)[C@H](O)[C@H]2NC(C)=O)[C@@H](CO[C@@H]2O[C@@H](C)[C@@H](O)[C@@H](O)[C@@H]2O)O[C@H]1O. The van der Waals surface area contributed by atoms with Crippen LogP contribution in [0.2, 0.25) is 0 Å². The summed E-state index contributed by atoms with van der Waals surface area (Å²) in [5, 5.41) is 325. The zero-order chi connectivity index (χ0) is 105. The highest BCUT2D eigenvalue weighted by atomic mass is 16.8. The molecule has 0 radical (unpaired) electrons. The minimum absolute atomic E-state index is 0.833. The van der Waals surface area contributed by atoms with Crippen LogP contribution in [0, 0.1) is 0 Å². The van der Waals surface area contributed by atoms with Gasteiger partial charge in [0.25, 0.3) is 0 Å². The minimum Gasteiger partial charge on any atom is -0.394 e. The minimum atomic E-state index is -2.76. The van der Waals surface area contributed by atoms with Gasteiger partial charge in [-0.3, -0.25) is 33.6 Å². The molecule has 11 saturated heterocycles. The third-order valence-electron chi connectivity index (χ3n) is 25.7. The third-order valence-corrected chi connectivity index (χ3v) is 25.7. The Morgan fingerprint density at radius 2 is 0.444 bits per heavy atom. The molecule has 0 spiro atoms. The molecule has 11 aliphatic rings. The predicted molar refractivity (Wildman–Crippen MR) is 442 cm³/mol. The maximum absolute atomic E-state index is 13.5. The molecule has 34 N–H and O–H groups in total. The van der Waals surface area contributed by atoms with Crippen molar-refractivity contribution in [2.75, 3.05) is 66.1 Å². The average molecular weight is 2070 g/mol. The summed E-state index contributed by atoms with van der Waals surface area (Å²) >= 11 is 0. The van der Waals surface area contributed by atoms with E-state index in [9.17, 15) is 171 Å². The molecule has 11 heterocycles. The number of nitrogens with one attached hydrogen (secondary N) is 7. The van der Waals surface area contributed by atoms with Crippen molar-refractivity contribution in [1.82, 2.24) is 37.2 Å². The van der Waals surface area contributed by atoms with Crippen LogP contribution in [0.1, 0.15) is 55.4 Å². The van der Waals surface area contributed by atoms with Crippen LogP contribution < -0.4 is 37.2 Å². The lowest BCUT2D eigenvalue weighted by molar-refractivity contribution is -0.405. The van der Waals surface area contributed by atoms with Crippen molar-refractivity contribution in [3.8, 4) is 0 Å². The van der Waals surface area contributed by atoms with E-state index in [-0.39, 0.29) is 0 Å². The van der Waals surface area contributed by atoms with Crippen molar-refractivity contribution in [1.29, 1.82) is 0 Å². The summed E-state index contributed by atoms with van der Waals surface area (Å²) in [5.41, 5.74) is 0. The number of rotatable bonds is 37. The molecule has 62 heteroatoms. The fourth-order valence-electron chi connectivity index (χ4n) is 18.5. The van der Waals surface area contributed by atoms with E-state index in [2.05, 4.69) is 37.2 Å². The molecule has 55 atom stereocenters. The Morgan fingerprint density at radius 3 is 0.789 bits per heavy atom. The summed E-state index contributed by atoms with van der Waals surface area (Å²) < 4.78 is 128. The highest BCUT2D eigenvalue weighted by Gasteiger charge is 2.63. The third kappa shape index (κ3) is 26.5. The second kappa shape index (κ2) is 51.3. The van der Waals surface area contributed by atoms with Crippen LogP contribution in [0.5, 0.6) is 0 Å². The lowest BCUT2D eigenvalue weighted by Gasteiger charge is -2.52. The maximum Gasteiger partial charge on any atom is 0.217 e. The number of hydrogen-bond donors (Lipinski definition) is 34. The summed E-state index contributed by atoms with van der Waals surface area (Å²) in [6.07, 6.45) is -102. The van der Waals surface area contributed by atoms with E-state index in [1.54, 1.807) is 0 Å². The Kier molecular flexibility index (Phi) is 42.1. The molecular formula is C80H133N7O55. The van der Waals surface area contributed by atoms with E-state index >= 15 is 0 Å². The number of hydrogen-bond acceptors (Lipinski definition) is 55. The van der Waals surface area contributed by atoms with Crippen molar-refractivity contribution in [2.24, 2.45) is 0 Å². The molecule has 11 fully saturated rings. The van der Waals surface area contributed by atoms with Gasteiger partial charge in [-0.05, 0) is 6.92 Å². The second-order valence-corrected chi connectivity index (χ2v) is 36.0. The molecule has 0 aliphatic carbocycles. The van der Waals surface area contributed by atoms with Gasteiger partial charge in [0.1, 0.15) is 262 Å². The first-order chi connectivity index (χ1) is 67.1. The first-order valence-electron chi connectivity index (χ1n) is 45.5. The molecule has 142 heavy (non-hydrogen) atoms. The van der Waals surface area contributed by atoms with Crippen molar-refractivity contribution in [2.45, 2.75) is 393 Å². The number of aliphatic hydroxyl groups excluding tert-OH is 27. The molecule has 7 amide bonds. The Hall–Kier alpha value is -5.63. The summed E-state index contributed by atoms with van der Waals surface area (Å²) in [6, 6.07) is -13.4. The van der Waals surface area contributed by atoms with E-state index in [4.69, 9.17) is 99.5 Å². The smallest absolute Gasteiger partial charge is 0.217 e. The quantitative estimate of drug-likeness (QED) is 0.0275. The van der Waals surface area contributed by atoms with Gasteiger partial charge in [-0.15, -0.1) is 0 Å². The van der Waals surface area contributed by atoms with Crippen LogP contribution in [0.3, 0.4) is 0 Å². The highest BCUT2D eigenvalue weighted by molar-refractivity contribution is 5.75. The fourth-order valence-corrected chi connectivity index (χ4v) is 18.5. The number of ether oxygens (including phenoxy) is 21. The topological polar surface area (TPSA) is 944 Å². The monoisotopic (exact) mass is 2070 g/mol. The van der Waals surface area contributed by atoms with Crippen LogP contribution in [0.15, 0.2) is 0 Å². The van der Waals surface area contributed by atoms with Gasteiger partial charge in [-0.1, -0.05) is 0 Å². The van der Waals surface area contributed by atoms with Crippen LogP contribution in [0.4, 0.5) is 0 Å². The van der Waals surface area contributed by atoms with Gasteiger partial charge in [0.05, 0.1) is 72.2 Å². The molecule has 0 unspecified atom stereocenters. The zero-order valence-electron chi connectivity index (χ0n) is 77.3. The van der Waals surface area contributed by atoms with Crippen molar-refractivity contribution < 1.29 is 271 Å². The Labute approximate surface area is 805 Å². The Bertz CT molecular complexity index is 4030. The Balaban J connectivity index is 0.985. The first kappa shape index (κ1) is 117. The molecule has 62 nitrogen and oxygen atoms in total. The van der Waals surface area contributed by atoms with E-state index in [0.717, 1.165) is 48.5 Å². The number of carbonyl (C=O) groups is 7. The summed E-state index contributed by atoms with van der Waals surface area (Å²) in [6.45, 7) is -3.76. The first-order valence-corrected chi connectivity index (χ1v) is 45.5. The van der Waals surface area contributed by atoms with Crippen LogP contribution >= 0.6 is 0 Å². The van der Waals surface area contributed by atoms with Crippen LogP contribution in [-0.4, -0.2) is 583 Å². The standard InChI is InChI=1S/C80H133N7O55/c1-19-44(103)57(116)59(118)77(124-19)122-18-36-66(53(112)37(70(121)125-36)81-20(2)96)138-74-41(85-24(6)100)56(115)64(33(15-94)130-74)139-78-61(120)67(49(108)35(134-78)17-123-79-68(58(117)48(107)30(12-91)129-79)141-75-42(86-25(7)101)54(113)62(31(13-92)131-75)135-71-38(82-21(3)97)50(109)45(104)27(9-88)126-71)140-80-69(60(119)65(34(16-95)133-80)137-73-40(84-23(5)99)52(111)47(106)29(11-90)128-73)142-76-43(87-26(8)102)55(114)63(32(14-93)132-76)136-72-39(83-22(4)98)51(110)46(105)28(10-89)127-72/h19,27-80,88-95,103-121H,9-18H2,1-8H3,(H,81,96)(H,82,97)(H,83,98)(H,84,99)(H,85,100)(H,86,101)(H,87,102)/t19-,27+,28+,29+,30+,31+,32+,33+,34+,35+,36+,37+,38+,39+,40+,41+,42+,43+,44+,45-,46-,47+,48+,49+,50+,51+,52+,53+,54+,55+,56+,57+,58-,59-,60-,61-,62+,63+,64+,65+,66+,67-,68-,69-,70+,71-,72-,73-,74-,75-,76-,77+,78-,79-,80+/m0/s1. The molecular weight excluding hydrogens is 1940 g/mol. The highest BCUT2D eigenvalue weighted by Crippen LogP contribution is 2.42. The van der Waals surface area contributed by atoms with E-state index in [0.29, 0.717) is 0 Å². The van der Waals surface area contributed by atoms with E-state index < -0.39 is 445 Å². The average Bonchev–Trinajstić information content (AvgIpc) is 0.728. The van der Waals surface area contributed by atoms with Crippen molar-refractivity contribution in [3.63, 3.8) is 0 Å². The molecule has 0 aromatic carbocycles. The number of aliphatic hydroxyl groups is 27. The van der Waals surface area contributed by atoms with Crippen molar-refractivity contribution >= 4 is 41.4 Å². The number of amides is 7. The molecule has 0 aromatic heterocycles. The summed E-state index contributed by atoms with van der Waals surface area (Å²) in [7, 11) is 0. The van der Waals surface area contributed by atoms with Gasteiger partial charge in [0, 0.05) is 48.5 Å². The predicted octanol–water partition coefficient (Wildman–Crippen LogP) is -22.9. The molecule has 11 aliphatic heterocycles. The lowest BCUT2D eigenvalue weighted by atomic mass is 9.93. The normalized spacial score (nSPS) is 47.5. The van der Waals surface area contributed by atoms with Gasteiger partial charge >= 0.3 is 0 Å². The fraction of sp³-hybridized carbons (Fsp3) is 0.912. The number of carbonyl (C=O) groups excluding carboxylic acids is 7. The van der Waals surface area contributed by atoms with Gasteiger partial charge in [-0.25, -0.2) is 0 Å². The molecule has 818 valence electrons. The molecule has 0 saturated carbocycles. The van der Waals surface area contributed by atoms with E-state index in [1.807, 2.05) is 0 Å². The molecule has 0 bridgehead atoms. The zero-order valence-corrected chi connectivity index (χ0v) is 77.3. The largest absolute Gasteiger partial charge is 0.394 e. The summed E-state index contributed by atoms with van der Waals surface area (Å²) in [4.78, 5) is 90.6. The second-order valence-electron chi connectivity index (χ2n) is 36.0. The van der Waals surface area contributed by atoms with Gasteiger partial charge in [0.2, 0.25) is 41.4 Å². The lowest BCUT2D eigenvalue weighted by Crippen LogP contribution is -2.71. The van der Waals surface area contributed by atoms with Crippen LogP contribution in [0.25, 0.3) is 0 Å².